The van der Waals surface area contributed by atoms with Gasteiger partial charge < -0.3 is 15.1 Å². The van der Waals surface area contributed by atoms with Crippen LogP contribution in [0.15, 0.2) is 16.5 Å². The fraction of sp³-hybridized carbons (Fsp3) is 0.667. The molecule has 1 unspecified atom stereocenters. The van der Waals surface area contributed by atoms with Crippen LogP contribution in [0, 0.1) is 0 Å². The Balaban J connectivity index is 2.24. The Hall–Kier alpha value is -0.800. The molecule has 0 aliphatic rings. The Kier molecular flexibility index (Phi) is 5.43. The lowest BCUT2D eigenvalue weighted by molar-refractivity contribution is 0.425. The molecule has 15 heavy (non-hydrogen) atoms. The number of rotatable bonds is 7. The molecule has 0 radical (unpaired) electrons. The molecule has 0 aliphatic carbocycles. The molecular formula is C12H22N2O. The largest absolute Gasteiger partial charge is 0.465 e. The van der Waals surface area contributed by atoms with Crippen molar-refractivity contribution in [3.63, 3.8) is 0 Å². The van der Waals surface area contributed by atoms with Crippen LogP contribution in [0.4, 0.5) is 0 Å². The number of aryl methyl sites for hydroxylation is 1. The van der Waals surface area contributed by atoms with E-state index in [0.29, 0.717) is 6.04 Å². The summed E-state index contributed by atoms with van der Waals surface area (Å²) in [5, 5.41) is 6.72. The molecule has 86 valence electrons. The fourth-order valence-electron chi connectivity index (χ4n) is 1.42. The molecule has 0 saturated carbocycles. The van der Waals surface area contributed by atoms with Crippen molar-refractivity contribution in [3.05, 3.63) is 23.7 Å². The molecule has 1 rings (SSSR count). The highest BCUT2D eigenvalue weighted by molar-refractivity contribution is 5.06. The molecule has 1 heterocycles. The zero-order valence-electron chi connectivity index (χ0n) is 9.97. The normalized spacial score (nSPS) is 13.0. The van der Waals surface area contributed by atoms with E-state index < -0.39 is 0 Å². The molecule has 0 aliphatic heterocycles. The van der Waals surface area contributed by atoms with Crippen LogP contribution >= 0.6 is 0 Å². The van der Waals surface area contributed by atoms with E-state index in [9.17, 15) is 0 Å². The minimum atomic E-state index is 0.472. The highest BCUT2D eigenvalue weighted by atomic mass is 16.3. The number of hydrogen-bond donors (Lipinski definition) is 2. The van der Waals surface area contributed by atoms with Crippen LogP contribution in [0.2, 0.25) is 0 Å². The molecule has 0 amide bonds. The number of nitrogens with one attached hydrogen (secondary N) is 2. The molecule has 1 aromatic heterocycles. The molecule has 0 bridgehead atoms. The Labute approximate surface area is 92.2 Å². The van der Waals surface area contributed by atoms with Gasteiger partial charge in [0.15, 0.2) is 0 Å². The van der Waals surface area contributed by atoms with E-state index in [1.807, 2.05) is 12.1 Å². The van der Waals surface area contributed by atoms with Crippen LogP contribution in [0.3, 0.4) is 0 Å². The quantitative estimate of drug-likeness (QED) is 0.722. The van der Waals surface area contributed by atoms with Gasteiger partial charge >= 0.3 is 0 Å². The van der Waals surface area contributed by atoms with Gasteiger partial charge in [0.2, 0.25) is 0 Å². The topological polar surface area (TPSA) is 37.2 Å². The predicted molar refractivity (Wildman–Crippen MR) is 62.9 cm³/mol. The van der Waals surface area contributed by atoms with Gasteiger partial charge in [-0.2, -0.15) is 0 Å². The number of likely N-dealkylation sites (N-methyl/N-ethyl adjacent to an activating group) is 1. The number of furan rings is 1. The van der Waals surface area contributed by atoms with E-state index in [2.05, 4.69) is 31.4 Å². The highest BCUT2D eigenvalue weighted by Crippen LogP contribution is 2.07. The summed E-state index contributed by atoms with van der Waals surface area (Å²) >= 11 is 0. The first-order valence-electron chi connectivity index (χ1n) is 5.78. The summed E-state index contributed by atoms with van der Waals surface area (Å²) < 4.78 is 5.60. The minimum Gasteiger partial charge on any atom is -0.465 e. The summed E-state index contributed by atoms with van der Waals surface area (Å²) in [5.74, 6) is 2.08. The molecule has 0 spiro atoms. The van der Waals surface area contributed by atoms with E-state index in [-0.39, 0.29) is 0 Å². The summed E-state index contributed by atoms with van der Waals surface area (Å²) in [6.07, 6.45) is 0.965. The lowest BCUT2D eigenvalue weighted by atomic mass is 10.3. The summed E-state index contributed by atoms with van der Waals surface area (Å²) in [5.41, 5.74) is 0. The van der Waals surface area contributed by atoms with Gasteiger partial charge in [-0.05, 0) is 25.6 Å². The highest BCUT2D eigenvalue weighted by Gasteiger charge is 2.03. The fourth-order valence-corrected chi connectivity index (χ4v) is 1.42. The van der Waals surface area contributed by atoms with E-state index in [0.717, 1.165) is 37.6 Å². The Bertz CT molecular complexity index is 270. The second kappa shape index (κ2) is 6.64. The second-order valence-electron chi connectivity index (χ2n) is 3.81. The van der Waals surface area contributed by atoms with Crippen LogP contribution in [0.25, 0.3) is 0 Å². The standard InChI is InChI=1S/C12H22N2O/c1-4-11-6-7-12(15-11)9-14-10(3)8-13-5-2/h6-7,10,13-14H,4-5,8-9H2,1-3H3. The molecule has 3 nitrogen and oxygen atoms in total. The predicted octanol–water partition coefficient (Wildman–Crippen LogP) is 1.93. The molecule has 1 atom stereocenters. The average Bonchev–Trinajstić information content (AvgIpc) is 2.71. The maximum absolute atomic E-state index is 5.60. The van der Waals surface area contributed by atoms with Gasteiger partial charge in [0.1, 0.15) is 11.5 Å². The average molecular weight is 210 g/mol. The van der Waals surface area contributed by atoms with Crippen molar-refractivity contribution in [2.24, 2.45) is 0 Å². The zero-order valence-corrected chi connectivity index (χ0v) is 9.97. The maximum atomic E-state index is 5.60. The molecule has 0 fully saturated rings. The van der Waals surface area contributed by atoms with Gasteiger partial charge in [-0.3, -0.25) is 0 Å². The third-order valence-corrected chi connectivity index (χ3v) is 2.39. The lowest BCUT2D eigenvalue weighted by Gasteiger charge is -2.12. The second-order valence-corrected chi connectivity index (χ2v) is 3.81. The molecule has 0 saturated heterocycles. The van der Waals surface area contributed by atoms with Crippen molar-refractivity contribution in [2.75, 3.05) is 13.1 Å². The van der Waals surface area contributed by atoms with Crippen LogP contribution in [0.1, 0.15) is 32.3 Å². The first-order valence-corrected chi connectivity index (χ1v) is 5.78. The van der Waals surface area contributed by atoms with Gasteiger partial charge in [0.25, 0.3) is 0 Å². The van der Waals surface area contributed by atoms with Crippen molar-refractivity contribution < 1.29 is 4.42 Å². The molecule has 2 N–H and O–H groups in total. The van der Waals surface area contributed by atoms with Gasteiger partial charge in [-0.15, -0.1) is 0 Å². The van der Waals surface area contributed by atoms with E-state index >= 15 is 0 Å². The SMILES string of the molecule is CCNCC(C)NCc1ccc(CC)o1. The van der Waals surface area contributed by atoms with E-state index in [1.54, 1.807) is 0 Å². The Morgan fingerprint density at radius 3 is 2.60 bits per heavy atom. The first-order chi connectivity index (χ1) is 7.26. The summed E-state index contributed by atoms with van der Waals surface area (Å²) in [4.78, 5) is 0. The molecule has 1 aromatic rings. The summed E-state index contributed by atoms with van der Waals surface area (Å²) in [6, 6.07) is 4.57. The smallest absolute Gasteiger partial charge is 0.117 e. The van der Waals surface area contributed by atoms with Crippen LogP contribution in [-0.2, 0) is 13.0 Å². The van der Waals surface area contributed by atoms with Crippen LogP contribution in [-0.4, -0.2) is 19.1 Å². The number of hydrogen-bond acceptors (Lipinski definition) is 3. The van der Waals surface area contributed by atoms with Gasteiger partial charge in [-0.25, -0.2) is 0 Å². The molecule has 0 aromatic carbocycles. The first kappa shape index (κ1) is 12.3. The third-order valence-electron chi connectivity index (χ3n) is 2.39. The van der Waals surface area contributed by atoms with Crippen molar-refractivity contribution in [1.29, 1.82) is 0 Å². The monoisotopic (exact) mass is 210 g/mol. The van der Waals surface area contributed by atoms with Gasteiger partial charge in [0, 0.05) is 19.0 Å². The minimum absolute atomic E-state index is 0.472. The van der Waals surface area contributed by atoms with Crippen molar-refractivity contribution in [1.82, 2.24) is 10.6 Å². The van der Waals surface area contributed by atoms with E-state index in [1.165, 1.54) is 0 Å². The Morgan fingerprint density at radius 1 is 1.27 bits per heavy atom. The van der Waals surface area contributed by atoms with Crippen molar-refractivity contribution in [3.8, 4) is 0 Å². The van der Waals surface area contributed by atoms with E-state index in [4.69, 9.17) is 4.42 Å². The Morgan fingerprint density at radius 2 is 2.00 bits per heavy atom. The summed E-state index contributed by atoms with van der Waals surface area (Å²) in [6.45, 7) is 9.22. The van der Waals surface area contributed by atoms with Crippen molar-refractivity contribution in [2.45, 2.75) is 39.8 Å². The van der Waals surface area contributed by atoms with Crippen LogP contribution < -0.4 is 10.6 Å². The maximum Gasteiger partial charge on any atom is 0.117 e. The lowest BCUT2D eigenvalue weighted by Crippen LogP contribution is -2.35. The van der Waals surface area contributed by atoms with Gasteiger partial charge in [-0.1, -0.05) is 13.8 Å². The van der Waals surface area contributed by atoms with Crippen molar-refractivity contribution >= 4 is 0 Å². The molecule has 3 heteroatoms. The zero-order chi connectivity index (χ0) is 11.1. The van der Waals surface area contributed by atoms with Crippen LogP contribution in [0.5, 0.6) is 0 Å². The molecular weight excluding hydrogens is 188 g/mol. The van der Waals surface area contributed by atoms with Gasteiger partial charge in [0.05, 0.1) is 6.54 Å². The summed E-state index contributed by atoms with van der Waals surface area (Å²) in [7, 11) is 0. The third kappa shape index (κ3) is 4.49.